The molecule has 7 heteroatoms. The summed E-state index contributed by atoms with van der Waals surface area (Å²) in [5.74, 6) is -0.408. The highest BCUT2D eigenvalue weighted by atomic mass is 16.3. The van der Waals surface area contributed by atoms with Gasteiger partial charge in [-0.1, -0.05) is 37.5 Å². The number of hydrogen-bond donors (Lipinski definition) is 3. The lowest BCUT2D eigenvalue weighted by Gasteiger charge is -2.42. The number of aliphatic hydroxyl groups is 1. The van der Waals surface area contributed by atoms with Gasteiger partial charge < -0.3 is 10.5 Å². The second-order valence-corrected chi connectivity index (χ2v) is 7.32. The van der Waals surface area contributed by atoms with Crippen LogP contribution >= 0.6 is 0 Å². The highest BCUT2D eigenvalue weighted by Crippen LogP contribution is 2.34. The molecule has 2 fully saturated rings. The summed E-state index contributed by atoms with van der Waals surface area (Å²) < 4.78 is 0. The molecule has 3 heterocycles. The summed E-state index contributed by atoms with van der Waals surface area (Å²) in [5.41, 5.74) is 3.17. The Morgan fingerprint density at radius 2 is 1.96 bits per heavy atom. The lowest BCUT2D eigenvalue weighted by atomic mass is 9.80. The predicted molar refractivity (Wildman–Crippen MR) is 95.6 cm³/mol. The van der Waals surface area contributed by atoms with Gasteiger partial charge in [-0.3, -0.25) is 14.9 Å². The lowest BCUT2D eigenvalue weighted by molar-refractivity contribution is -0.126. The molecule has 3 aliphatic rings. The third kappa shape index (κ3) is 3.12. The van der Waals surface area contributed by atoms with E-state index in [1.54, 1.807) is 23.3 Å². The van der Waals surface area contributed by atoms with E-state index in [0.29, 0.717) is 5.82 Å². The van der Waals surface area contributed by atoms with E-state index in [0.717, 1.165) is 25.7 Å². The van der Waals surface area contributed by atoms with Gasteiger partial charge in [0, 0.05) is 6.20 Å². The highest BCUT2D eigenvalue weighted by molar-refractivity contribution is 6.08. The van der Waals surface area contributed by atoms with E-state index >= 15 is 0 Å². The Bertz CT molecular complexity index is 702. The first kappa shape index (κ1) is 17.2. The van der Waals surface area contributed by atoms with Gasteiger partial charge >= 0.3 is 0 Å². The Morgan fingerprint density at radius 3 is 2.69 bits per heavy atom. The summed E-state index contributed by atoms with van der Waals surface area (Å²) in [7, 11) is 0. The Morgan fingerprint density at radius 1 is 1.15 bits per heavy atom. The van der Waals surface area contributed by atoms with Crippen molar-refractivity contribution in [2.45, 2.75) is 50.3 Å². The van der Waals surface area contributed by atoms with Crippen molar-refractivity contribution in [3.8, 4) is 0 Å². The third-order valence-electron chi connectivity index (χ3n) is 5.69. The Balaban J connectivity index is 1.64. The van der Waals surface area contributed by atoms with Gasteiger partial charge in [0.25, 0.3) is 0 Å². The van der Waals surface area contributed by atoms with E-state index in [1.165, 1.54) is 6.42 Å². The molecule has 2 amide bonds. The molecule has 0 bridgehead atoms. The fourth-order valence-electron chi connectivity index (χ4n) is 4.33. The Kier molecular flexibility index (Phi) is 4.74. The van der Waals surface area contributed by atoms with Crippen molar-refractivity contribution in [2.75, 3.05) is 5.43 Å². The van der Waals surface area contributed by atoms with Crippen molar-refractivity contribution in [2.24, 2.45) is 11.8 Å². The summed E-state index contributed by atoms with van der Waals surface area (Å²) in [6.45, 7) is 0. The maximum Gasteiger partial charge on any atom is 0.246 e. The summed E-state index contributed by atoms with van der Waals surface area (Å²) in [6.07, 6.45) is 10.1. The average Bonchev–Trinajstić information content (AvgIpc) is 2.97. The number of hydrazine groups is 1. The zero-order chi connectivity index (χ0) is 18.1. The van der Waals surface area contributed by atoms with Crippen LogP contribution in [0.1, 0.15) is 32.1 Å². The monoisotopic (exact) mass is 356 g/mol. The lowest BCUT2D eigenvalue weighted by Crippen LogP contribution is -2.58. The molecular formula is C19H24N4O3. The first-order valence-electron chi connectivity index (χ1n) is 9.32. The molecule has 0 radical (unpaired) electrons. The van der Waals surface area contributed by atoms with Crippen LogP contribution in [-0.2, 0) is 9.59 Å². The first-order chi connectivity index (χ1) is 12.6. The van der Waals surface area contributed by atoms with Crippen LogP contribution in [0.25, 0.3) is 0 Å². The van der Waals surface area contributed by atoms with Gasteiger partial charge in [-0.05, 0) is 30.9 Å². The number of pyridine rings is 1. The molecule has 4 atom stereocenters. The fraction of sp³-hybridized carbons (Fsp3) is 0.526. The van der Waals surface area contributed by atoms with Gasteiger partial charge in [0.15, 0.2) is 0 Å². The molecule has 1 saturated heterocycles. The normalized spacial score (nSPS) is 30.7. The third-order valence-corrected chi connectivity index (χ3v) is 5.69. The molecule has 4 rings (SSSR count). The second kappa shape index (κ2) is 7.17. The standard InChI is InChI=1S/C19H24N4O3/c24-17(12-6-2-1-3-7-12)14-10-9-13-16(19(26)21-18(13)25)23(14)22-15-8-4-5-11-20-15/h4-5,8-14,16-17,24H,1-3,6-7H2,(H,20,22)(H,21,25,26). The van der Waals surface area contributed by atoms with Crippen molar-refractivity contribution in [3.63, 3.8) is 0 Å². The summed E-state index contributed by atoms with van der Waals surface area (Å²) in [4.78, 5) is 28.8. The van der Waals surface area contributed by atoms with Crippen molar-refractivity contribution in [1.29, 1.82) is 0 Å². The quantitative estimate of drug-likeness (QED) is 0.555. The molecule has 7 nitrogen and oxygen atoms in total. The van der Waals surface area contributed by atoms with Gasteiger partial charge in [0.1, 0.15) is 11.9 Å². The number of imide groups is 1. The van der Waals surface area contributed by atoms with Gasteiger partial charge in [-0.25, -0.2) is 4.98 Å². The highest BCUT2D eigenvalue weighted by Gasteiger charge is 2.50. The summed E-state index contributed by atoms with van der Waals surface area (Å²) in [5, 5.41) is 15.2. The molecule has 0 aromatic carbocycles. The van der Waals surface area contributed by atoms with E-state index in [4.69, 9.17) is 0 Å². The number of rotatable bonds is 4. The molecule has 0 spiro atoms. The Hall–Kier alpha value is -2.25. The number of hydrogen-bond acceptors (Lipinski definition) is 6. The number of anilines is 1. The van der Waals surface area contributed by atoms with Crippen LogP contribution in [0, 0.1) is 11.8 Å². The number of aliphatic hydroxyl groups excluding tert-OH is 1. The molecular weight excluding hydrogens is 332 g/mol. The van der Waals surface area contributed by atoms with E-state index in [9.17, 15) is 14.7 Å². The molecule has 2 aliphatic heterocycles. The molecule has 1 saturated carbocycles. The van der Waals surface area contributed by atoms with Crippen LogP contribution in [0.5, 0.6) is 0 Å². The summed E-state index contributed by atoms with van der Waals surface area (Å²) >= 11 is 0. The molecule has 1 aromatic heterocycles. The van der Waals surface area contributed by atoms with Crippen molar-refractivity contribution >= 4 is 17.6 Å². The largest absolute Gasteiger partial charge is 0.391 e. The zero-order valence-electron chi connectivity index (χ0n) is 14.5. The fourth-order valence-corrected chi connectivity index (χ4v) is 4.33. The number of amides is 2. The van der Waals surface area contributed by atoms with E-state index in [2.05, 4.69) is 15.7 Å². The van der Waals surface area contributed by atoms with Crippen molar-refractivity contribution in [1.82, 2.24) is 15.3 Å². The van der Waals surface area contributed by atoms with Gasteiger partial charge in [-0.2, -0.15) is 5.01 Å². The molecule has 1 aliphatic carbocycles. The molecule has 3 N–H and O–H groups in total. The number of aromatic nitrogens is 1. The van der Waals surface area contributed by atoms with Crippen molar-refractivity contribution in [3.05, 3.63) is 36.5 Å². The number of fused-ring (bicyclic) bond motifs is 1. The molecule has 26 heavy (non-hydrogen) atoms. The van der Waals surface area contributed by atoms with E-state index < -0.39 is 24.1 Å². The minimum absolute atomic E-state index is 0.197. The Labute approximate surface area is 152 Å². The smallest absolute Gasteiger partial charge is 0.246 e. The van der Waals surface area contributed by atoms with Crippen LogP contribution < -0.4 is 10.7 Å². The molecule has 138 valence electrons. The summed E-state index contributed by atoms with van der Waals surface area (Å²) in [6, 6.07) is 4.38. The maximum atomic E-state index is 12.4. The van der Waals surface area contributed by atoms with Crippen molar-refractivity contribution < 1.29 is 14.7 Å². The van der Waals surface area contributed by atoms with Crippen LogP contribution in [0.2, 0.25) is 0 Å². The first-order valence-corrected chi connectivity index (χ1v) is 9.32. The average molecular weight is 356 g/mol. The van der Waals surface area contributed by atoms with E-state index in [-0.39, 0.29) is 17.7 Å². The predicted octanol–water partition coefficient (Wildman–Crippen LogP) is 1.23. The zero-order valence-corrected chi connectivity index (χ0v) is 14.5. The van der Waals surface area contributed by atoms with Gasteiger partial charge in [0.05, 0.1) is 18.1 Å². The number of carbonyl (C=O) groups is 2. The van der Waals surface area contributed by atoms with E-state index in [1.807, 2.05) is 18.2 Å². The maximum absolute atomic E-state index is 12.4. The van der Waals surface area contributed by atoms with Crippen LogP contribution in [0.3, 0.4) is 0 Å². The molecule has 1 aromatic rings. The minimum atomic E-state index is -0.683. The number of carbonyl (C=O) groups excluding carboxylic acids is 2. The van der Waals surface area contributed by atoms with Crippen LogP contribution in [0.15, 0.2) is 36.5 Å². The number of nitrogens with one attached hydrogen (secondary N) is 2. The molecule has 4 unspecified atom stereocenters. The van der Waals surface area contributed by atoms with Crippen LogP contribution in [-0.4, -0.2) is 45.1 Å². The van der Waals surface area contributed by atoms with Gasteiger partial charge in [-0.15, -0.1) is 0 Å². The topological polar surface area (TPSA) is 94.6 Å². The number of nitrogens with zero attached hydrogens (tertiary/aromatic N) is 2. The SMILES string of the molecule is O=C1NC(=O)C2C1C=CC(C(O)C1CCCCC1)N2Nc1ccccn1. The van der Waals surface area contributed by atoms with Gasteiger partial charge in [0.2, 0.25) is 11.8 Å². The second-order valence-electron chi connectivity index (χ2n) is 7.32. The minimum Gasteiger partial charge on any atom is -0.391 e. The van der Waals surface area contributed by atoms with Crippen LogP contribution in [0.4, 0.5) is 5.82 Å².